The number of urea groups is 1. The Morgan fingerprint density at radius 2 is 2.00 bits per heavy atom. The van der Waals surface area contributed by atoms with Crippen molar-refractivity contribution in [3.05, 3.63) is 62.1 Å². The van der Waals surface area contributed by atoms with Crippen LogP contribution >= 0.6 is 22.6 Å². The Balaban J connectivity index is 1.75. The van der Waals surface area contributed by atoms with Gasteiger partial charge in [-0.2, -0.15) is 0 Å². The van der Waals surface area contributed by atoms with Crippen LogP contribution < -0.4 is 16.7 Å². The zero-order valence-corrected chi connectivity index (χ0v) is 17.6. The van der Waals surface area contributed by atoms with Gasteiger partial charge in [-0.1, -0.05) is 18.2 Å². The van der Waals surface area contributed by atoms with Crippen molar-refractivity contribution >= 4 is 45.3 Å². The van der Waals surface area contributed by atoms with Crippen LogP contribution in [0.4, 0.5) is 10.5 Å². The lowest BCUT2D eigenvalue weighted by Crippen LogP contribution is -2.45. The molecular weight excluding hydrogens is 469 g/mol. The van der Waals surface area contributed by atoms with E-state index in [4.69, 9.17) is 5.73 Å². The van der Waals surface area contributed by atoms with Crippen LogP contribution in [0, 0.1) is 3.57 Å². The number of imidazole rings is 1. The van der Waals surface area contributed by atoms with Crippen LogP contribution in [0.2, 0.25) is 0 Å². The Morgan fingerprint density at radius 1 is 1.25 bits per heavy atom. The van der Waals surface area contributed by atoms with E-state index >= 15 is 0 Å². The Hall–Kier alpha value is -2.49. The molecule has 146 valence electrons. The molecule has 2 heterocycles. The highest BCUT2D eigenvalue weighted by molar-refractivity contribution is 14.1. The van der Waals surface area contributed by atoms with Gasteiger partial charge in [0.05, 0.1) is 22.8 Å². The van der Waals surface area contributed by atoms with Crippen LogP contribution in [0.5, 0.6) is 0 Å². The molecule has 2 unspecified atom stereocenters. The maximum Gasteiger partial charge on any atom is 0.326 e. The topological polar surface area (TPSA) is 96.2 Å². The van der Waals surface area contributed by atoms with Crippen LogP contribution in [-0.2, 0) is 0 Å². The van der Waals surface area contributed by atoms with Crippen LogP contribution in [0.25, 0.3) is 11.0 Å². The van der Waals surface area contributed by atoms with Crippen molar-refractivity contribution in [3.63, 3.8) is 0 Å². The Labute approximate surface area is 176 Å². The number of carbonyl (C=O) groups is 1. The van der Waals surface area contributed by atoms with Gasteiger partial charge in [0.25, 0.3) is 0 Å². The first kappa shape index (κ1) is 18.9. The Kier molecular flexibility index (Phi) is 5.05. The second-order valence-electron chi connectivity index (χ2n) is 7.03. The standard InChI is InChI=1S/C20H22IN5O2/c1-23-15-3-2-4-16-18(15)24-20(28)26(16)14-9-10-25(19(22)27)17(11-14)12-5-7-13(21)8-6-12/h2-8,14,17,23H,9-11H2,1H3,(H2,22,27)(H,24,28). The minimum Gasteiger partial charge on any atom is -0.386 e. The third-order valence-corrected chi connectivity index (χ3v) is 6.22. The summed E-state index contributed by atoms with van der Waals surface area (Å²) < 4.78 is 2.96. The zero-order chi connectivity index (χ0) is 19.8. The number of piperidine rings is 1. The van der Waals surface area contributed by atoms with Crippen molar-refractivity contribution in [1.29, 1.82) is 0 Å². The van der Waals surface area contributed by atoms with E-state index in [0.29, 0.717) is 19.4 Å². The molecule has 2 atom stereocenters. The van der Waals surface area contributed by atoms with Crippen molar-refractivity contribution in [3.8, 4) is 0 Å². The summed E-state index contributed by atoms with van der Waals surface area (Å²) in [4.78, 5) is 29.5. The number of benzene rings is 2. The summed E-state index contributed by atoms with van der Waals surface area (Å²) in [5, 5.41) is 3.12. The highest BCUT2D eigenvalue weighted by Gasteiger charge is 2.33. The molecule has 2 amide bonds. The van der Waals surface area contributed by atoms with Gasteiger partial charge in [0, 0.05) is 23.2 Å². The van der Waals surface area contributed by atoms with Gasteiger partial charge in [-0.05, 0) is 65.3 Å². The van der Waals surface area contributed by atoms with Crippen molar-refractivity contribution in [1.82, 2.24) is 14.5 Å². The molecular formula is C20H22IN5O2. The molecule has 4 rings (SSSR count). The molecule has 3 aromatic rings. The molecule has 28 heavy (non-hydrogen) atoms. The molecule has 1 aromatic heterocycles. The molecule has 1 fully saturated rings. The minimum atomic E-state index is -0.425. The maximum absolute atomic E-state index is 12.8. The average molecular weight is 491 g/mol. The van der Waals surface area contributed by atoms with Crippen molar-refractivity contribution < 1.29 is 4.79 Å². The molecule has 1 aliphatic heterocycles. The van der Waals surface area contributed by atoms with E-state index in [-0.39, 0.29) is 17.8 Å². The number of hydrogen-bond acceptors (Lipinski definition) is 3. The Morgan fingerprint density at radius 3 is 2.68 bits per heavy atom. The number of aromatic amines is 1. The molecule has 8 heteroatoms. The quantitative estimate of drug-likeness (QED) is 0.490. The number of aromatic nitrogens is 2. The van der Waals surface area contributed by atoms with E-state index in [9.17, 15) is 9.59 Å². The maximum atomic E-state index is 12.8. The number of nitrogens with two attached hydrogens (primary N) is 1. The molecule has 0 saturated carbocycles. The highest BCUT2D eigenvalue weighted by Crippen LogP contribution is 2.37. The second kappa shape index (κ2) is 7.50. The van der Waals surface area contributed by atoms with E-state index in [1.807, 2.05) is 54.1 Å². The fourth-order valence-electron chi connectivity index (χ4n) is 4.17. The zero-order valence-electron chi connectivity index (χ0n) is 15.5. The van der Waals surface area contributed by atoms with Crippen LogP contribution in [0.15, 0.2) is 47.3 Å². The lowest BCUT2D eigenvalue weighted by atomic mass is 9.91. The molecule has 0 radical (unpaired) electrons. The van der Waals surface area contributed by atoms with Crippen LogP contribution in [0.1, 0.15) is 30.5 Å². The number of amides is 2. The first-order valence-corrected chi connectivity index (χ1v) is 10.3. The second-order valence-corrected chi connectivity index (χ2v) is 8.27. The number of fused-ring (bicyclic) bond motifs is 1. The van der Waals surface area contributed by atoms with Gasteiger partial charge < -0.3 is 20.9 Å². The van der Waals surface area contributed by atoms with Crippen LogP contribution in [0.3, 0.4) is 0 Å². The van der Waals surface area contributed by atoms with Gasteiger partial charge in [0.1, 0.15) is 0 Å². The van der Waals surface area contributed by atoms with Crippen LogP contribution in [-0.4, -0.2) is 34.1 Å². The van der Waals surface area contributed by atoms with Gasteiger partial charge in [-0.25, -0.2) is 9.59 Å². The summed E-state index contributed by atoms with van der Waals surface area (Å²) in [5.41, 5.74) is 9.12. The van der Waals surface area contributed by atoms with Gasteiger partial charge in [-0.15, -0.1) is 0 Å². The predicted molar refractivity (Wildman–Crippen MR) is 119 cm³/mol. The van der Waals surface area contributed by atoms with Gasteiger partial charge in [0.15, 0.2) is 0 Å². The summed E-state index contributed by atoms with van der Waals surface area (Å²) in [6.07, 6.45) is 1.32. The summed E-state index contributed by atoms with van der Waals surface area (Å²) in [6, 6.07) is 13.3. The third-order valence-electron chi connectivity index (χ3n) is 5.50. The summed E-state index contributed by atoms with van der Waals surface area (Å²) in [6.45, 7) is 0.515. The smallest absolute Gasteiger partial charge is 0.326 e. The van der Waals surface area contributed by atoms with Gasteiger partial charge >= 0.3 is 11.7 Å². The number of nitrogens with one attached hydrogen (secondary N) is 2. The third kappa shape index (κ3) is 3.25. The molecule has 2 aromatic carbocycles. The fraction of sp³-hybridized carbons (Fsp3) is 0.300. The molecule has 1 aliphatic rings. The van der Waals surface area contributed by atoms with E-state index in [2.05, 4.69) is 32.9 Å². The predicted octanol–water partition coefficient (Wildman–Crippen LogP) is 3.43. The highest BCUT2D eigenvalue weighted by atomic mass is 127. The monoisotopic (exact) mass is 491 g/mol. The fourth-order valence-corrected chi connectivity index (χ4v) is 4.53. The number of primary amides is 1. The van der Waals surface area contributed by atoms with Gasteiger partial charge in [-0.3, -0.25) is 4.57 Å². The molecule has 1 saturated heterocycles. The Bertz CT molecular complexity index is 1070. The molecule has 0 aliphatic carbocycles. The lowest BCUT2D eigenvalue weighted by molar-refractivity contribution is 0.136. The SMILES string of the molecule is CNc1cccc2c1[nH]c(=O)n2C1CCN(C(N)=O)C(c2ccc(I)cc2)C1. The van der Waals surface area contributed by atoms with Crippen molar-refractivity contribution in [2.24, 2.45) is 5.73 Å². The van der Waals surface area contributed by atoms with Crippen molar-refractivity contribution in [2.75, 3.05) is 18.9 Å². The van der Waals surface area contributed by atoms with Crippen molar-refractivity contribution in [2.45, 2.75) is 24.9 Å². The number of carbonyl (C=O) groups excluding carboxylic acids is 1. The van der Waals surface area contributed by atoms with E-state index in [1.54, 1.807) is 4.90 Å². The minimum absolute atomic E-state index is 0.0202. The average Bonchev–Trinajstić information content (AvgIpc) is 3.03. The van der Waals surface area contributed by atoms with E-state index in [0.717, 1.165) is 25.9 Å². The molecule has 0 bridgehead atoms. The normalized spacial score (nSPS) is 19.7. The van der Waals surface area contributed by atoms with E-state index < -0.39 is 6.03 Å². The molecule has 7 nitrogen and oxygen atoms in total. The number of H-pyrrole nitrogens is 1. The molecule has 4 N–H and O–H groups in total. The first-order valence-electron chi connectivity index (χ1n) is 9.22. The number of para-hydroxylation sites is 1. The van der Waals surface area contributed by atoms with Gasteiger partial charge in [0.2, 0.25) is 0 Å². The summed E-state index contributed by atoms with van der Waals surface area (Å²) in [5.74, 6) is 0. The first-order chi connectivity index (χ1) is 13.5. The largest absolute Gasteiger partial charge is 0.386 e. The molecule has 0 spiro atoms. The number of hydrogen-bond donors (Lipinski definition) is 3. The number of rotatable bonds is 3. The number of nitrogens with zero attached hydrogens (tertiary/aromatic N) is 2. The lowest BCUT2D eigenvalue weighted by Gasteiger charge is -2.39. The summed E-state index contributed by atoms with van der Waals surface area (Å²) in [7, 11) is 1.84. The van der Waals surface area contributed by atoms with E-state index in [1.165, 1.54) is 0 Å². The number of likely N-dealkylation sites (tertiary alicyclic amines) is 1. The number of anilines is 1. The summed E-state index contributed by atoms with van der Waals surface area (Å²) >= 11 is 2.26. The number of halogens is 1.